The van der Waals surface area contributed by atoms with E-state index in [0.717, 1.165) is 38.6 Å². The molecule has 4 rings (SSSR count). The van der Waals surface area contributed by atoms with Crippen molar-refractivity contribution in [2.45, 2.75) is 57.4 Å². The van der Waals surface area contributed by atoms with Crippen molar-refractivity contribution < 1.29 is 24.2 Å². The first-order valence-corrected chi connectivity index (χ1v) is 15.5. The third-order valence-corrected chi connectivity index (χ3v) is 8.15. The maximum atomic E-state index is 13.5. The van der Waals surface area contributed by atoms with Crippen molar-refractivity contribution in [3.63, 3.8) is 0 Å². The lowest BCUT2D eigenvalue weighted by Gasteiger charge is -2.33. The molecular formula is C33H39Cl2N3O5. The van der Waals surface area contributed by atoms with Gasteiger partial charge in [-0.3, -0.25) is 4.79 Å². The summed E-state index contributed by atoms with van der Waals surface area (Å²) in [7, 11) is 4.01. The summed E-state index contributed by atoms with van der Waals surface area (Å²) in [5.41, 5.74) is 1.29. The molecule has 1 saturated carbocycles. The minimum Gasteiger partial charge on any atom is -0.494 e. The van der Waals surface area contributed by atoms with Crippen molar-refractivity contribution in [1.29, 1.82) is 0 Å². The first-order valence-electron chi connectivity index (χ1n) is 14.7. The summed E-state index contributed by atoms with van der Waals surface area (Å²) in [4.78, 5) is 32.6. The summed E-state index contributed by atoms with van der Waals surface area (Å²) in [5.74, 6) is -0.409. The molecule has 0 unspecified atom stereocenters. The van der Waals surface area contributed by atoms with Gasteiger partial charge < -0.3 is 24.8 Å². The van der Waals surface area contributed by atoms with Crippen LogP contribution in [-0.4, -0.2) is 66.3 Å². The zero-order valence-corrected chi connectivity index (χ0v) is 26.4. The summed E-state index contributed by atoms with van der Waals surface area (Å²) in [6, 6.07) is 14.2. The second-order valence-corrected chi connectivity index (χ2v) is 11.9. The molecule has 1 heterocycles. The van der Waals surface area contributed by atoms with E-state index in [1.165, 1.54) is 0 Å². The molecule has 0 bridgehead atoms. The first kappa shape index (κ1) is 32.6. The number of hydrogen-bond acceptors (Lipinski definition) is 6. The SMILES string of the molecule is CCCOc1ccc(Cl)c(-c2ccc(C(=O)NC3(C(=O)O)CCCCC3)nc2-c2ccc(Cl)c(OCCCN(C)C)c2)c1. The molecule has 1 amide bonds. The summed E-state index contributed by atoms with van der Waals surface area (Å²) in [5, 5.41) is 13.8. The van der Waals surface area contributed by atoms with Gasteiger partial charge in [0.05, 0.1) is 23.9 Å². The summed E-state index contributed by atoms with van der Waals surface area (Å²) >= 11 is 13.2. The molecule has 3 aromatic rings. The van der Waals surface area contributed by atoms with Gasteiger partial charge in [-0.05, 0) is 82.2 Å². The van der Waals surface area contributed by atoms with Crippen LogP contribution in [-0.2, 0) is 4.79 Å². The Hall–Kier alpha value is -3.33. The van der Waals surface area contributed by atoms with Gasteiger partial charge in [-0.2, -0.15) is 0 Å². The third kappa shape index (κ3) is 8.19. The Bertz CT molecular complexity index is 1440. The molecule has 2 aromatic carbocycles. The van der Waals surface area contributed by atoms with Crippen molar-refractivity contribution >= 4 is 35.1 Å². The number of benzene rings is 2. The lowest BCUT2D eigenvalue weighted by molar-refractivity contribution is -0.145. The van der Waals surface area contributed by atoms with Gasteiger partial charge >= 0.3 is 5.97 Å². The predicted molar refractivity (Wildman–Crippen MR) is 170 cm³/mol. The van der Waals surface area contributed by atoms with Gasteiger partial charge in [-0.25, -0.2) is 9.78 Å². The molecule has 10 heteroatoms. The average Bonchev–Trinajstić information content (AvgIpc) is 2.99. The Morgan fingerprint density at radius 1 is 0.953 bits per heavy atom. The number of hydrogen-bond donors (Lipinski definition) is 2. The number of nitrogens with one attached hydrogen (secondary N) is 1. The van der Waals surface area contributed by atoms with Gasteiger partial charge in [-0.15, -0.1) is 0 Å². The Kier molecular flexibility index (Phi) is 11.3. The van der Waals surface area contributed by atoms with E-state index in [1.807, 2.05) is 39.2 Å². The highest BCUT2D eigenvalue weighted by Crippen LogP contribution is 2.39. The normalized spacial score (nSPS) is 14.4. The number of aromatic nitrogens is 1. The van der Waals surface area contributed by atoms with Crippen LogP contribution >= 0.6 is 23.2 Å². The van der Waals surface area contributed by atoms with E-state index >= 15 is 0 Å². The number of carbonyl (C=O) groups is 2. The van der Waals surface area contributed by atoms with E-state index in [4.69, 9.17) is 37.7 Å². The second-order valence-electron chi connectivity index (χ2n) is 11.1. The molecule has 230 valence electrons. The lowest BCUT2D eigenvalue weighted by Crippen LogP contribution is -2.55. The number of pyridine rings is 1. The molecule has 8 nitrogen and oxygen atoms in total. The molecule has 0 spiro atoms. The number of nitrogens with zero attached hydrogens (tertiary/aromatic N) is 2. The van der Waals surface area contributed by atoms with Crippen LogP contribution in [0, 0.1) is 0 Å². The highest BCUT2D eigenvalue weighted by Gasteiger charge is 2.41. The summed E-state index contributed by atoms with van der Waals surface area (Å²) in [6.45, 7) is 3.93. The number of aliphatic carboxylic acids is 1. The Morgan fingerprint density at radius 3 is 2.40 bits per heavy atom. The molecule has 43 heavy (non-hydrogen) atoms. The predicted octanol–water partition coefficient (Wildman–Crippen LogP) is 7.36. The van der Waals surface area contributed by atoms with E-state index in [-0.39, 0.29) is 5.69 Å². The molecule has 0 atom stereocenters. The first-order chi connectivity index (χ1) is 20.6. The van der Waals surface area contributed by atoms with E-state index < -0.39 is 17.4 Å². The zero-order valence-electron chi connectivity index (χ0n) is 24.9. The minimum absolute atomic E-state index is 0.0999. The topological polar surface area (TPSA) is 101 Å². The van der Waals surface area contributed by atoms with Gasteiger partial charge in [0.15, 0.2) is 0 Å². The van der Waals surface area contributed by atoms with Crippen molar-refractivity contribution in [1.82, 2.24) is 15.2 Å². The number of carbonyl (C=O) groups excluding carboxylic acids is 1. The van der Waals surface area contributed by atoms with Crippen LogP contribution in [0.2, 0.25) is 10.0 Å². The van der Waals surface area contributed by atoms with Crippen LogP contribution in [0.15, 0.2) is 48.5 Å². The van der Waals surface area contributed by atoms with Gasteiger partial charge in [0.25, 0.3) is 5.91 Å². The number of ether oxygens (including phenoxy) is 2. The number of carboxylic acids is 1. The second kappa shape index (κ2) is 14.9. The van der Waals surface area contributed by atoms with Gasteiger partial charge in [0, 0.05) is 28.3 Å². The number of carboxylic acid groups (broad SMARTS) is 1. The largest absolute Gasteiger partial charge is 0.494 e. The van der Waals surface area contributed by atoms with E-state index in [1.54, 1.807) is 30.3 Å². The summed E-state index contributed by atoms with van der Waals surface area (Å²) < 4.78 is 11.9. The van der Waals surface area contributed by atoms with Crippen LogP contribution in [0.25, 0.3) is 22.4 Å². The van der Waals surface area contributed by atoms with Crippen LogP contribution in [0.5, 0.6) is 11.5 Å². The highest BCUT2D eigenvalue weighted by atomic mass is 35.5. The number of halogens is 2. The van der Waals surface area contributed by atoms with Crippen LogP contribution in [0.4, 0.5) is 0 Å². The van der Waals surface area contributed by atoms with Crippen molar-refractivity contribution in [2.24, 2.45) is 0 Å². The zero-order chi connectivity index (χ0) is 31.0. The molecule has 0 radical (unpaired) electrons. The van der Waals surface area contributed by atoms with Crippen LogP contribution in [0.1, 0.15) is 62.4 Å². The number of rotatable bonds is 13. The summed E-state index contributed by atoms with van der Waals surface area (Å²) in [6.07, 6.45) is 4.85. The Labute approximate surface area is 263 Å². The smallest absolute Gasteiger partial charge is 0.329 e. The Balaban J connectivity index is 1.77. The molecular weight excluding hydrogens is 589 g/mol. The Morgan fingerprint density at radius 2 is 1.70 bits per heavy atom. The minimum atomic E-state index is -1.31. The molecule has 1 aromatic heterocycles. The van der Waals surface area contributed by atoms with Gasteiger partial charge in [0.1, 0.15) is 22.7 Å². The van der Waals surface area contributed by atoms with E-state index in [9.17, 15) is 14.7 Å². The van der Waals surface area contributed by atoms with Crippen molar-refractivity contribution in [3.8, 4) is 33.9 Å². The van der Waals surface area contributed by atoms with Gasteiger partial charge in [-0.1, -0.05) is 55.5 Å². The van der Waals surface area contributed by atoms with Crippen LogP contribution in [0.3, 0.4) is 0 Å². The van der Waals surface area contributed by atoms with E-state index in [0.29, 0.717) is 70.0 Å². The van der Waals surface area contributed by atoms with E-state index in [2.05, 4.69) is 10.2 Å². The molecule has 1 fully saturated rings. The van der Waals surface area contributed by atoms with Crippen molar-refractivity contribution in [3.05, 3.63) is 64.3 Å². The molecule has 0 saturated heterocycles. The fourth-order valence-electron chi connectivity index (χ4n) is 5.20. The quantitative estimate of drug-likeness (QED) is 0.191. The standard InChI is InChI=1S/C33H39Cl2N3O5/c1-4-18-42-23-10-13-26(34)25(21-23)24-11-14-28(31(39)37-33(32(40)41)15-6-5-7-16-33)36-30(24)22-9-12-27(35)29(20-22)43-19-8-17-38(2)3/h9-14,20-21H,4-8,15-19H2,1-3H3,(H,37,39)(H,40,41). The highest BCUT2D eigenvalue weighted by molar-refractivity contribution is 6.33. The monoisotopic (exact) mass is 627 g/mol. The van der Waals surface area contributed by atoms with Gasteiger partial charge in [0.2, 0.25) is 0 Å². The molecule has 0 aliphatic heterocycles. The average molecular weight is 629 g/mol. The van der Waals surface area contributed by atoms with Crippen LogP contribution < -0.4 is 14.8 Å². The molecule has 1 aliphatic carbocycles. The molecule has 2 N–H and O–H groups in total. The third-order valence-electron chi connectivity index (χ3n) is 7.51. The fourth-order valence-corrected chi connectivity index (χ4v) is 5.59. The maximum absolute atomic E-state index is 13.5. The fraction of sp³-hybridized carbons (Fsp3) is 0.424. The van der Waals surface area contributed by atoms with Crippen molar-refractivity contribution in [2.75, 3.05) is 33.9 Å². The maximum Gasteiger partial charge on any atom is 0.329 e. The lowest BCUT2D eigenvalue weighted by atomic mass is 9.81. The molecule has 1 aliphatic rings. The number of amides is 1.